The maximum absolute atomic E-state index is 13.1. The number of benzene rings is 4. The number of halogens is 1. The molecule has 0 saturated carbocycles. The van der Waals surface area contributed by atoms with Gasteiger partial charge in [-0.15, -0.1) is 0 Å². The van der Waals surface area contributed by atoms with Gasteiger partial charge in [0, 0.05) is 42.0 Å². The highest BCUT2D eigenvalue weighted by molar-refractivity contribution is 6.33. The molecule has 0 aromatic heterocycles. The number of hydrogen-bond acceptors (Lipinski definition) is 15. The van der Waals surface area contributed by atoms with Crippen molar-refractivity contribution in [3.05, 3.63) is 132 Å². The van der Waals surface area contributed by atoms with Crippen molar-refractivity contribution in [2.45, 2.75) is 44.9 Å². The molecule has 0 aliphatic carbocycles. The lowest BCUT2D eigenvalue weighted by Crippen LogP contribution is -2.14. The van der Waals surface area contributed by atoms with Crippen LogP contribution in [0.3, 0.4) is 0 Å². The van der Waals surface area contributed by atoms with Crippen LogP contribution in [0.5, 0.6) is 23.0 Å². The van der Waals surface area contributed by atoms with E-state index in [2.05, 4.69) is 13.2 Å². The van der Waals surface area contributed by atoms with Crippen LogP contribution in [0.15, 0.2) is 110 Å². The smallest absolute Gasteiger partial charge is 0.463 e. The average Bonchev–Trinajstić information content (AvgIpc) is 3.27. The van der Waals surface area contributed by atoms with Crippen LogP contribution in [-0.4, -0.2) is 68.8 Å². The summed E-state index contributed by atoms with van der Waals surface area (Å²) in [5.41, 5.74) is 1.62. The molecule has 0 heterocycles. The number of carbonyl (C=O) groups is 6. The van der Waals surface area contributed by atoms with E-state index in [1.165, 1.54) is 48.5 Å². The fourth-order valence-corrected chi connectivity index (χ4v) is 5.64. The van der Waals surface area contributed by atoms with Gasteiger partial charge in [-0.3, -0.25) is 0 Å². The third-order valence-electron chi connectivity index (χ3n) is 8.50. The Morgan fingerprint density at radius 2 is 1.00 bits per heavy atom. The summed E-state index contributed by atoms with van der Waals surface area (Å²) in [5, 5.41) is 8.11. The van der Waals surface area contributed by atoms with Gasteiger partial charge in [-0.25, -0.2) is 28.8 Å². The highest BCUT2D eigenvalue weighted by Gasteiger charge is 2.17. The van der Waals surface area contributed by atoms with E-state index in [9.17, 15) is 28.8 Å². The highest BCUT2D eigenvalue weighted by Crippen LogP contribution is 2.33. The maximum Gasteiger partial charge on any atom is 0.513 e. The van der Waals surface area contributed by atoms with Gasteiger partial charge in [0.05, 0.1) is 42.6 Å². The van der Waals surface area contributed by atoms with Gasteiger partial charge >= 0.3 is 36.2 Å². The van der Waals surface area contributed by atoms with Crippen LogP contribution in [0.1, 0.15) is 71.2 Å². The van der Waals surface area contributed by atoms with Gasteiger partial charge in [-0.1, -0.05) is 62.6 Å². The summed E-state index contributed by atoms with van der Waals surface area (Å²) in [5.74, 6) is -2.01. The van der Waals surface area contributed by atoms with E-state index < -0.39 is 36.2 Å². The lowest BCUT2D eigenvalue weighted by molar-refractivity contribution is -0.138. The third kappa shape index (κ3) is 16.1. The Bertz CT molecular complexity index is 2220. The van der Waals surface area contributed by atoms with Gasteiger partial charge in [-0.2, -0.15) is 0 Å². The number of unbranched alkanes of at least 4 members (excludes halogenated alkanes) is 5. The second kappa shape index (κ2) is 25.4. The molecule has 0 saturated heterocycles. The van der Waals surface area contributed by atoms with E-state index in [0.29, 0.717) is 24.2 Å². The molecular weight excluding hydrogens is 826 g/mol. The Balaban J connectivity index is 1.21. The van der Waals surface area contributed by atoms with Crippen molar-refractivity contribution >= 4 is 54.0 Å². The van der Waals surface area contributed by atoms with E-state index in [0.717, 1.165) is 50.5 Å². The van der Waals surface area contributed by atoms with Crippen LogP contribution in [0.2, 0.25) is 5.02 Å². The molecule has 0 aliphatic heterocycles. The summed E-state index contributed by atoms with van der Waals surface area (Å²) in [6.07, 6.45) is 6.78. The molecule has 4 aromatic carbocycles. The van der Waals surface area contributed by atoms with Crippen molar-refractivity contribution < 1.29 is 66.7 Å². The van der Waals surface area contributed by atoms with Crippen molar-refractivity contribution in [1.29, 1.82) is 5.41 Å². The SMILES string of the molecule is C=CC(=O)OCCCCCCCCOC(=O)Oc1ccc(-c2ccc(OC(=O)c3ccc(OC(=O)c4ccc(OC(=O)OCCCOC(=O)C=C)cc4)c(C=N)c3)cc2Cl)cc1. The van der Waals surface area contributed by atoms with Crippen molar-refractivity contribution in [1.82, 2.24) is 0 Å². The maximum atomic E-state index is 13.1. The Labute approximate surface area is 362 Å². The average molecular weight is 870 g/mol. The first-order valence-electron chi connectivity index (χ1n) is 19.4. The van der Waals surface area contributed by atoms with Crippen LogP contribution < -0.4 is 18.9 Å². The Morgan fingerprint density at radius 1 is 0.516 bits per heavy atom. The lowest BCUT2D eigenvalue weighted by atomic mass is 10.1. The molecule has 62 heavy (non-hydrogen) atoms. The van der Waals surface area contributed by atoms with Crippen LogP contribution in [0.25, 0.3) is 11.1 Å². The molecular formula is C46H44ClNO14. The van der Waals surface area contributed by atoms with Crippen molar-refractivity contribution in [3.63, 3.8) is 0 Å². The first kappa shape index (κ1) is 47.4. The second-order valence-electron chi connectivity index (χ2n) is 13.0. The van der Waals surface area contributed by atoms with Crippen LogP contribution in [0, 0.1) is 5.41 Å². The Hall–Kier alpha value is -7.26. The number of nitrogens with one attached hydrogen (secondary N) is 1. The number of esters is 4. The molecule has 0 fully saturated rings. The highest BCUT2D eigenvalue weighted by atomic mass is 35.5. The summed E-state index contributed by atoms with van der Waals surface area (Å²) >= 11 is 6.56. The summed E-state index contributed by atoms with van der Waals surface area (Å²) in [7, 11) is 0. The predicted molar refractivity (Wildman–Crippen MR) is 226 cm³/mol. The van der Waals surface area contributed by atoms with E-state index in [1.54, 1.807) is 36.4 Å². The standard InChI is InChI=1S/C46H44ClNO14/c1-3-41(49)55-24-9-7-5-6-8-10-25-57-45(53)60-35-17-12-31(13-18-35)38-22-21-37(29-39(38)47)59-44(52)33-16-23-40(34(28-33)30-48)62-43(51)32-14-19-36(20-15-32)61-46(54)58-27-11-26-56-42(50)4-2/h3-4,12-23,28-30,48H,1-2,5-11,24-27H2. The van der Waals surface area contributed by atoms with E-state index in [1.807, 2.05) is 0 Å². The van der Waals surface area contributed by atoms with Crippen molar-refractivity contribution in [2.75, 3.05) is 26.4 Å². The van der Waals surface area contributed by atoms with Crippen LogP contribution in [-0.2, 0) is 28.5 Å². The van der Waals surface area contributed by atoms with Crippen molar-refractivity contribution in [3.8, 4) is 34.1 Å². The van der Waals surface area contributed by atoms with Gasteiger partial charge < -0.3 is 43.3 Å². The molecule has 1 N–H and O–H groups in total. The molecule has 0 unspecified atom stereocenters. The summed E-state index contributed by atoms with van der Waals surface area (Å²) in [6.45, 7) is 7.22. The summed E-state index contributed by atoms with van der Waals surface area (Å²) in [6, 6.07) is 20.8. The van der Waals surface area contributed by atoms with Gasteiger partial charge in [-0.05, 0) is 85.1 Å². The number of rotatable bonds is 23. The predicted octanol–water partition coefficient (Wildman–Crippen LogP) is 9.66. The van der Waals surface area contributed by atoms with E-state index >= 15 is 0 Å². The molecule has 16 heteroatoms. The van der Waals surface area contributed by atoms with Crippen molar-refractivity contribution in [2.24, 2.45) is 0 Å². The molecule has 4 rings (SSSR count). The minimum atomic E-state index is -0.990. The molecule has 0 atom stereocenters. The minimum absolute atomic E-state index is 0.00603. The molecule has 0 bridgehead atoms. The summed E-state index contributed by atoms with van der Waals surface area (Å²) in [4.78, 5) is 72.0. The molecule has 324 valence electrons. The van der Waals surface area contributed by atoms with Gasteiger partial charge in [0.25, 0.3) is 0 Å². The van der Waals surface area contributed by atoms with Gasteiger partial charge in [0.2, 0.25) is 0 Å². The lowest BCUT2D eigenvalue weighted by Gasteiger charge is -2.11. The molecule has 0 amide bonds. The fraction of sp³-hybridized carbons (Fsp3) is 0.239. The molecule has 15 nitrogen and oxygen atoms in total. The monoisotopic (exact) mass is 869 g/mol. The zero-order chi connectivity index (χ0) is 44.7. The normalized spacial score (nSPS) is 10.3. The fourth-order valence-electron chi connectivity index (χ4n) is 5.36. The van der Waals surface area contributed by atoms with Gasteiger partial charge in [0.15, 0.2) is 0 Å². The Morgan fingerprint density at radius 3 is 1.56 bits per heavy atom. The third-order valence-corrected chi connectivity index (χ3v) is 8.81. The number of carbonyl (C=O) groups excluding carboxylic acids is 6. The molecule has 4 aromatic rings. The van der Waals surface area contributed by atoms with Crippen LogP contribution in [0.4, 0.5) is 9.59 Å². The number of ether oxygens (including phenoxy) is 8. The quantitative estimate of drug-likeness (QED) is 0.0140. The first-order valence-corrected chi connectivity index (χ1v) is 19.7. The largest absolute Gasteiger partial charge is 0.513 e. The molecule has 0 radical (unpaired) electrons. The minimum Gasteiger partial charge on any atom is -0.463 e. The topological polar surface area (TPSA) is 200 Å². The van der Waals surface area contributed by atoms with Crippen LogP contribution >= 0.6 is 11.6 Å². The zero-order valence-corrected chi connectivity index (χ0v) is 34.4. The molecule has 0 aliphatic rings. The van der Waals surface area contributed by atoms with E-state index in [4.69, 9.17) is 54.9 Å². The molecule has 0 spiro atoms. The number of hydrogen-bond donors (Lipinski definition) is 1. The van der Waals surface area contributed by atoms with E-state index in [-0.39, 0.29) is 71.0 Å². The second-order valence-corrected chi connectivity index (χ2v) is 13.4. The summed E-state index contributed by atoms with van der Waals surface area (Å²) < 4.78 is 41.1. The van der Waals surface area contributed by atoms with Gasteiger partial charge in [0.1, 0.15) is 23.0 Å². The zero-order valence-electron chi connectivity index (χ0n) is 33.6. The Kier molecular flexibility index (Phi) is 19.4. The first-order chi connectivity index (χ1) is 30.0.